The van der Waals surface area contributed by atoms with E-state index in [4.69, 9.17) is 16.7 Å². The SMILES string of the molecule is OCCCC1CCCN1Cc1ccc(Br)cc1Cl. The minimum absolute atomic E-state index is 0.295. The van der Waals surface area contributed by atoms with E-state index in [2.05, 4.69) is 26.9 Å². The molecule has 2 rings (SSSR count). The van der Waals surface area contributed by atoms with Crippen LogP contribution in [-0.4, -0.2) is 29.2 Å². The zero-order chi connectivity index (χ0) is 13.0. The molecule has 0 amide bonds. The van der Waals surface area contributed by atoms with Crippen molar-refractivity contribution >= 4 is 27.5 Å². The van der Waals surface area contributed by atoms with Crippen molar-refractivity contribution < 1.29 is 5.11 Å². The monoisotopic (exact) mass is 331 g/mol. The fourth-order valence-corrected chi connectivity index (χ4v) is 3.36. The summed E-state index contributed by atoms with van der Waals surface area (Å²) in [6.07, 6.45) is 4.48. The van der Waals surface area contributed by atoms with Crippen molar-refractivity contribution in [2.24, 2.45) is 0 Å². The summed E-state index contributed by atoms with van der Waals surface area (Å²) in [6, 6.07) is 6.70. The number of aliphatic hydroxyl groups excluding tert-OH is 1. The van der Waals surface area contributed by atoms with E-state index >= 15 is 0 Å². The second-order valence-corrected chi connectivity index (χ2v) is 6.19. The summed E-state index contributed by atoms with van der Waals surface area (Å²) in [5.74, 6) is 0. The zero-order valence-electron chi connectivity index (χ0n) is 10.4. The van der Waals surface area contributed by atoms with E-state index < -0.39 is 0 Å². The van der Waals surface area contributed by atoms with E-state index in [1.807, 2.05) is 12.1 Å². The Bertz CT molecular complexity index is 399. The minimum atomic E-state index is 0.295. The first-order chi connectivity index (χ1) is 8.70. The van der Waals surface area contributed by atoms with Crippen LogP contribution in [-0.2, 0) is 6.54 Å². The van der Waals surface area contributed by atoms with Gasteiger partial charge in [0.2, 0.25) is 0 Å². The second-order valence-electron chi connectivity index (χ2n) is 4.87. The van der Waals surface area contributed by atoms with E-state index in [0.717, 1.165) is 35.4 Å². The molecule has 4 heteroatoms. The molecule has 1 heterocycles. The smallest absolute Gasteiger partial charge is 0.0462 e. The average molecular weight is 333 g/mol. The molecule has 0 spiro atoms. The minimum Gasteiger partial charge on any atom is -0.396 e. The molecule has 0 saturated carbocycles. The van der Waals surface area contributed by atoms with Gasteiger partial charge in [-0.1, -0.05) is 33.6 Å². The fraction of sp³-hybridized carbons (Fsp3) is 0.571. The largest absolute Gasteiger partial charge is 0.396 e. The van der Waals surface area contributed by atoms with Crippen LogP contribution in [0.3, 0.4) is 0 Å². The molecule has 1 atom stereocenters. The van der Waals surface area contributed by atoms with Crippen LogP contribution in [0.25, 0.3) is 0 Å². The van der Waals surface area contributed by atoms with Crippen molar-refractivity contribution in [2.75, 3.05) is 13.2 Å². The van der Waals surface area contributed by atoms with Crippen LogP contribution in [0.15, 0.2) is 22.7 Å². The molecule has 0 bridgehead atoms. The lowest BCUT2D eigenvalue weighted by atomic mass is 10.1. The van der Waals surface area contributed by atoms with Crippen molar-refractivity contribution in [1.82, 2.24) is 4.90 Å². The molecule has 1 fully saturated rings. The van der Waals surface area contributed by atoms with Crippen LogP contribution < -0.4 is 0 Å². The van der Waals surface area contributed by atoms with E-state index in [9.17, 15) is 0 Å². The van der Waals surface area contributed by atoms with Crippen LogP contribution in [0.4, 0.5) is 0 Å². The lowest BCUT2D eigenvalue weighted by Crippen LogP contribution is -2.29. The number of nitrogens with zero attached hydrogens (tertiary/aromatic N) is 1. The van der Waals surface area contributed by atoms with E-state index in [1.54, 1.807) is 0 Å². The number of aliphatic hydroxyl groups is 1. The summed E-state index contributed by atoms with van der Waals surface area (Å²) in [7, 11) is 0. The first-order valence-corrected chi connectivity index (χ1v) is 7.66. The van der Waals surface area contributed by atoms with Gasteiger partial charge in [-0.15, -0.1) is 0 Å². The number of hydrogen-bond donors (Lipinski definition) is 1. The Kier molecular flexibility index (Phi) is 5.49. The third-order valence-electron chi connectivity index (χ3n) is 3.58. The molecule has 0 aliphatic carbocycles. The van der Waals surface area contributed by atoms with Crippen LogP contribution in [0.1, 0.15) is 31.2 Å². The summed E-state index contributed by atoms with van der Waals surface area (Å²) in [4.78, 5) is 2.49. The Balaban J connectivity index is 1.99. The molecule has 1 aliphatic rings. The van der Waals surface area contributed by atoms with Gasteiger partial charge in [0.25, 0.3) is 0 Å². The van der Waals surface area contributed by atoms with Gasteiger partial charge in [0.15, 0.2) is 0 Å². The van der Waals surface area contributed by atoms with Gasteiger partial charge in [-0.25, -0.2) is 0 Å². The maximum absolute atomic E-state index is 8.93. The molecule has 1 aromatic rings. The highest BCUT2D eigenvalue weighted by molar-refractivity contribution is 9.10. The van der Waals surface area contributed by atoms with Crippen molar-refractivity contribution in [3.8, 4) is 0 Å². The van der Waals surface area contributed by atoms with Crippen LogP contribution in [0.5, 0.6) is 0 Å². The van der Waals surface area contributed by atoms with Crippen LogP contribution >= 0.6 is 27.5 Å². The summed E-state index contributed by atoms with van der Waals surface area (Å²) in [5, 5.41) is 9.76. The van der Waals surface area contributed by atoms with Crippen molar-refractivity contribution in [1.29, 1.82) is 0 Å². The summed E-state index contributed by atoms with van der Waals surface area (Å²) < 4.78 is 1.02. The fourth-order valence-electron chi connectivity index (χ4n) is 2.63. The van der Waals surface area contributed by atoms with Gasteiger partial charge < -0.3 is 5.11 Å². The Morgan fingerprint density at radius 3 is 3.00 bits per heavy atom. The predicted octanol–water partition coefficient (Wildman–Crippen LogP) is 3.84. The summed E-state index contributed by atoms with van der Waals surface area (Å²) >= 11 is 9.69. The van der Waals surface area contributed by atoms with E-state index in [0.29, 0.717) is 12.6 Å². The average Bonchev–Trinajstić information content (AvgIpc) is 2.77. The molecular formula is C14H19BrClNO. The van der Waals surface area contributed by atoms with Gasteiger partial charge in [0, 0.05) is 28.7 Å². The molecule has 0 radical (unpaired) electrons. The van der Waals surface area contributed by atoms with Gasteiger partial charge in [-0.3, -0.25) is 4.90 Å². The maximum atomic E-state index is 8.93. The second kappa shape index (κ2) is 6.90. The number of halogens is 2. The molecular weight excluding hydrogens is 314 g/mol. The number of benzene rings is 1. The topological polar surface area (TPSA) is 23.5 Å². The quantitative estimate of drug-likeness (QED) is 0.885. The lowest BCUT2D eigenvalue weighted by Gasteiger charge is -2.24. The molecule has 100 valence electrons. The predicted molar refractivity (Wildman–Crippen MR) is 78.9 cm³/mol. The van der Waals surface area contributed by atoms with Crippen molar-refractivity contribution in [2.45, 2.75) is 38.3 Å². The third kappa shape index (κ3) is 3.70. The summed E-state index contributed by atoms with van der Waals surface area (Å²) in [5.41, 5.74) is 1.19. The highest BCUT2D eigenvalue weighted by atomic mass is 79.9. The molecule has 1 N–H and O–H groups in total. The Labute approximate surface area is 122 Å². The normalized spacial score (nSPS) is 20.5. The summed E-state index contributed by atoms with van der Waals surface area (Å²) in [6.45, 7) is 2.36. The first kappa shape index (κ1) is 14.3. The van der Waals surface area contributed by atoms with Gasteiger partial charge in [-0.2, -0.15) is 0 Å². The third-order valence-corrected chi connectivity index (χ3v) is 4.43. The number of likely N-dealkylation sites (tertiary alicyclic amines) is 1. The molecule has 1 aliphatic heterocycles. The maximum Gasteiger partial charge on any atom is 0.0462 e. The zero-order valence-corrected chi connectivity index (χ0v) is 12.8. The van der Waals surface area contributed by atoms with E-state index in [1.165, 1.54) is 18.4 Å². The Morgan fingerprint density at radius 2 is 2.28 bits per heavy atom. The molecule has 0 aromatic heterocycles. The number of rotatable bonds is 5. The van der Waals surface area contributed by atoms with Crippen molar-refractivity contribution in [3.63, 3.8) is 0 Å². The highest BCUT2D eigenvalue weighted by Crippen LogP contribution is 2.27. The highest BCUT2D eigenvalue weighted by Gasteiger charge is 2.24. The number of hydrogen-bond acceptors (Lipinski definition) is 2. The van der Waals surface area contributed by atoms with Gasteiger partial charge in [-0.05, 0) is 49.9 Å². The molecule has 1 saturated heterocycles. The van der Waals surface area contributed by atoms with Gasteiger partial charge in [0.1, 0.15) is 0 Å². The molecule has 1 unspecified atom stereocenters. The molecule has 1 aromatic carbocycles. The molecule has 18 heavy (non-hydrogen) atoms. The molecule has 2 nitrogen and oxygen atoms in total. The van der Waals surface area contributed by atoms with Gasteiger partial charge >= 0.3 is 0 Å². The van der Waals surface area contributed by atoms with Crippen LogP contribution in [0, 0.1) is 0 Å². The lowest BCUT2D eigenvalue weighted by molar-refractivity contribution is 0.210. The standard InChI is InChI=1S/C14H19BrClNO/c15-12-6-5-11(14(16)9-12)10-17-7-1-3-13(17)4-2-8-18/h5-6,9,13,18H,1-4,7-8,10H2. The Hall–Kier alpha value is -0.0900. The van der Waals surface area contributed by atoms with Gasteiger partial charge in [0.05, 0.1) is 0 Å². The van der Waals surface area contributed by atoms with E-state index in [-0.39, 0.29) is 0 Å². The van der Waals surface area contributed by atoms with Crippen LogP contribution in [0.2, 0.25) is 5.02 Å². The first-order valence-electron chi connectivity index (χ1n) is 6.49. The Morgan fingerprint density at radius 1 is 1.44 bits per heavy atom. The van der Waals surface area contributed by atoms with Crippen molar-refractivity contribution in [3.05, 3.63) is 33.3 Å².